The van der Waals surface area contributed by atoms with Crippen molar-refractivity contribution in [3.05, 3.63) is 0 Å². The molecule has 80 valence electrons. The van der Waals surface area contributed by atoms with Crippen molar-refractivity contribution in [2.75, 3.05) is 19.6 Å². The van der Waals surface area contributed by atoms with Gasteiger partial charge in [-0.05, 0) is 38.1 Å². The van der Waals surface area contributed by atoms with Crippen molar-refractivity contribution in [3.8, 4) is 0 Å². The highest BCUT2D eigenvalue weighted by Gasteiger charge is 2.34. The van der Waals surface area contributed by atoms with E-state index in [0.29, 0.717) is 17.7 Å². The number of carbonyl (C=O) groups excluding carboxylic acids is 1. The minimum atomic E-state index is 0.367. The number of nitrogens with zero attached hydrogens (tertiary/aromatic N) is 1. The predicted octanol–water partition coefficient (Wildman–Crippen LogP) is 0.984. The highest BCUT2D eigenvalue weighted by atomic mass is 16.2. The zero-order valence-electron chi connectivity index (χ0n) is 8.74. The number of rotatable bonds is 2. The lowest BCUT2D eigenvalue weighted by molar-refractivity contribution is -0.132. The number of hydrogen-bond acceptors (Lipinski definition) is 2. The lowest BCUT2D eigenvalue weighted by atomic mass is 10.0. The predicted molar refractivity (Wildman–Crippen MR) is 55.7 cm³/mol. The third kappa shape index (κ3) is 2.27. The van der Waals surface area contributed by atoms with Crippen molar-refractivity contribution in [1.82, 2.24) is 4.90 Å². The van der Waals surface area contributed by atoms with E-state index in [1.165, 1.54) is 12.8 Å². The Balaban J connectivity index is 1.91. The number of carbonyl (C=O) groups is 1. The maximum atomic E-state index is 11.9. The first-order valence-electron chi connectivity index (χ1n) is 5.80. The van der Waals surface area contributed by atoms with Gasteiger partial charge in [0.2, 0.25) is 5.91 Å². The first kappa shape index (κ1) is 9.97. The fourth-order valence-corrected chi connectivity index (χ4v) is 2.21. The van der Waals surface area contributed by atoms with Gasteiger partial charge in [0.25, 0.3) is 0 Å². The average molecular weight is 196 g/mol. The molecule has 0 radical (unpaired) electrons. The summed E-state index contributed by atoms with van der Waals surface area (Å²) >= 11 is 0. The van der Waals surface area contributed by atoms with Crippen LogP contribution in [0.2, 0.25) is 0 Å². The van der Waals surface area contributed by atoms with Crippen LogP contribution in [0.5, 0.6) is 0 Å². The fraction of sp³-hybridized carbons (Fsp3) is 0.909. The van der Waals surface area contributed by atoms with Gasteiger partial charge in [0.1, 0.15) is 0 Å². The normalized spacial score (nSPS) is 28.6. The molecule has 0 spiro atoms. The number of nitrogens with two attached hydrogens (primary N) is 1. The van der Waals surface area contributed by atoms with Crippen molar-refractivity contribution in [1.29, 1.82) is 0 Å². The molecule has 1 heterocycles. The van der Waals surface area contributed by atoms with Gasteiger partial charge in [-0.1, -0.05) is 6.42 Å². The van der Waals surface area contributed by atoms with Gasteiger partial charge >= 0.3 is 0 Å². The molecule has 1 saturated carbocycles. The minimum Gasteiger partial charge on any atom is -0.342 e. The van der Waals surface area contributed by atoms with Crippen molar-refractivity contribution in [3.63, 3.8) is 0 Å². The topological polar surface area (TPSA) is 46.3 Å². The van der Waals surface area contributed by atoms with E-state index in [-0.39, 0.29) is 0 Å². The molecule has 3 heteroatoms. The van der Waals surface area contributed by atoms with E-state index < -0.39 is 0 Å². The zero-order valence-corrected chi connectivity index (χ0v) is 8.74. The largest absolute Gasteiger partial charge is 0.342 e. The Kier molecular flexibility index (Phi) is 3.06. The van der Waals surface area contributed by atoms with Crippen LogP contribution in [0.4, 0.5) is 0 Å². The van der Waals surface area contributed by atoms with Gasteiger partial charge in [0, 0.05) is 19.0 Å². The van der Waals surface area contributed by atoms with Crippen LogP contribution in [0.25, 0.3) is 0 Å². The van der Waals surface area contributed by atoms with E-state index in [1.54, 1.807) is 0 Å². The van der Waals surface area contributed by atoms with Crippen LogP contribution >= 0.6 is 0 Å². The highest BCUT2D eigenvalue weighted by Crippen LogP contribution is 2.32. The summed E-state index contributed by atoms with van der Waals surface area (Å²) in [6.45, 7) is 2.60. The summed E-state index contributed by atoms with van der Waals surface area (Å²) in [7, 11) is 0. The van der Waals surface area contributed by atoms with Gasteiger partial charge in [0.15, 0.2) is 0 Å². The Morgan fingerprint density at radius 1 is 1.29 bits per heavy atom. The molecular formula is C11H20N2O. The summed E-state index contributed by atoms with van der Waals surface area (Å²) < 4.78 is 0. The molecule has 2 rings (SSSR count). The first-order chi connectivity index (χ1) is 6.81. The molecule has 0 aromatic heterocycles. The number of likely N-dealkylation sites (tertiary alicyclic amines) is 1. The molecule has 1 aliphatic carbocycles. The Labute approximate surface area is 85.6 Å². The van der Waals surface area contributed by atoms with Crippen LogP contribution in [0, 0.1) is 11.8 Å². The Morgan fingerprint density at radius 3 is 2.71 bits per heavy atom. The van der Waals surface area contributed by atoms with Crippen molar-refractivity contribution in [2.45, 2.75) is 32.1 Å². The molecule has 1 aliphatic heterocycles. The van der Waals surface area contributed by atoms with Gasteiger partial charge in [-0.25, -0.2) is 0 Å². The maximum Gasteiger partial charge on any atom is 0.225 e. The second-order valence-electron chi connectivity index (χ2n) is 4.66. The lowest BCUT2D eigenvalue weighted by Crippen LogP contribution is -2.37. The summed E-state index contributed by atoms with van der Waals surface area (Å²) in [4.78, 5) is 13.9. The third-order valence-electron chi connectivity index (χ3n) is 3.34. The smallest absolute Gasteiger partial charge is 0.225 e. The van der Waals surface area contributed by atoms with E-state index >= 15 is 0 Å². The summed E-state index contributed by atoms with van der Waals surface area (Å²) in [5.41, 5.74) is 5.69. The second kappa shape index (κ2) is 4.30. The van der Waals surface area contributed by atoms with Crippen LogP contribution in [0.15, 0.2) is 0 Å². The minimum absolute atomic E-state index is 0.367. The summed E-state index contributed by atoms with van der Waals surface area (Å²) in [5.74, 6) is 1.30. The van der Waals surface area contributed by atoms with Gasteiger partial charge in [-0.3, -0.25) is 4.79 Å². The molecule has 2 fully saturated rings. The quantitative estimate of drug-likeness (QED) is 0.715. The summed E-state index contributed by atoms with van der Waals surface area (Å²) in [6, 6.07) is 0. The van der Waals surface area contributed by atoms with E-state index in [0.717, 1.165) is 38.9 Å². The zero-order chi connectivity index (χ0) is 9.97. The van der Waals surface area contributed by atoms with Gasteiger partial charge in [-0.15, -0.1) is 0 Å². The molecule has 1 atom stereocenters. The standard InChI is InChI=1S/C11H20N2O/c12-7-9-3-1-2-6-13(8-9)11(14)10-4-5-10/h9-10H,1-8,12H2. The molecule has 14 heavy (non-hydrogen) atoms. The van der Waals surface area contributed by atoms with Crippen LogP contribution in [0.3, 0.4) is 0 Å². The van der Waals surface area contributed by atoms with Crippen molar-refractivity contribution in [2.24, 2.45) is 17.6 Å². The lowest BCUT2D eigenvalue weighted by Gasteiger charge is -2.23. The SMILES string of the molecule is NCC1CCCCN(C(=O)C2CC2)C1. The summed E-state index contributed by atoms with van der Waals surface area (Å²) in [6.07, 6.45) is 5.82. The molecule has 1 amide bonds. The van der Waals surface area contributed by atoms with Gasteiger partial charge in [-0.2, -0.15) is 0 Å². The van der Waals surface area contributed by atoms with E-state index in [2.05, 4.69) is 4.90 Å². The molecule has 3 nitrogen and oxygen atoms in total. The van der Waals surface area contributed by atoms with Gasteiger partial charge < -0.3 is 10.6 Å². The maximum absolute atomic E-state index is 11.9. The Morgan fingerprint density at radius 2 is 2.07 bits per heavy atom. The molecule has 1 saturated heterocycles. The number of hydrogen-bond donors (Lipinski definition) is 1. The summed E-state index contributed by atoms with van der Waals surface area (Å²) in [5, 5.41) is 0. The van der Waals surface area contributed by atoms with Gasteiger partial charge in [0.05, 0.1) is 0 Å². The van der Waals surface area contributed by atoms with Crippen molar-refractivity contribution >= 4 is 5.91 Å². The Bertz CT molecular complexity index is 213. The second-order valence-corrected chi connectivity index (χ2v) is 4.66. The molecule has 1 unspecified atom stereocenters. The first-order valence-corrected chi connectivity index (χ1v) is 5.80. The van der Waals surface area contributed by atoms with E-state index in [4.69, 9.17) is 5.73 Å². The molecule has 2 N–H and O–H groups in total. The average Bonchev–Trinajstić information content (AvgIpc) is 3.03. The van der Waals surface area contributed by atoms with Crippen LogP contribution in [-0.4, -0.2) is 30.4 Å². The van der Waals surface area contributed by atoms with Crippen LogP contribution in [-0.2, 0) is 4.79 Å². The molecule has 0 aromatic carbocycles. The van der Waals surface area contributed by atoms with Crippen LogP contribution < -0.4 is 5.73 Å². The van der Waals surface area contributed by atoms with E-state index in [1.807, 2.05) is 0 Å². The molecular weight excluding hydrogens is 176 g/mol. The van der Waals surface area contributed by atoms with Crippen LogP contribution in [0.1, 0.15) is 32.1 Å². The third-order valence-corrected chi connectivity index (χ3v) is 3.34. The Hall–Kier alpha value is -0.570. The fourth-order valence-electron chi connectivity index (χ4n) is 2.21. The molecule has 0 aromatic rings. The molecule has 0 bridgehead atoms. The highest BCUT2D eigenvalue weighted by molar-refractivity contribution is 5.81. The molecule has 2 aliphatic rings. The number of amides is 1. The monoisotopic (exact) mass is 196 g/mol. The van der Waals surface area contributed by atoms with Crippen molar-refractivity contribution < 1.29 is 4.79 Å². The van der Waals surface area contributed by atoms with E-state index in [9.17, 15) is 4.79 Å².